The first kappa shape index (κ1) is 13.2. The third-order valence-electron chi connectivity index (χ3n) is 1.85. The normalized spacial score (nSPS) is 13.5. The van der Waals surface area contributed by atoms with Crippen LogP contribution in [-0.2, 0) is 9.09 Å². The van der Waals surface area contributed by atoms with Crippen molar-refractivity contribution >= 4 is 8.03 Å². The lowest BCUT2D eigenvalue weighted by Gasteiger charge is -2.06. The highest BCUT2D eigenvalue weighted by molar-refractivity contribution is 7.39. The quantitative estimate of drug-likeness (QED) is 0.445. The van der Waals surface area contributed by atoms with E-state index in [9.17, 15) is 4.57 Å². The van der Waals surface area contributed by atoms with Gasteiger partial charge in [-0.1, -0.05) is 32.6 Å². The van der Waals surface area contributed by atoms with E-state index in [0.717, 1.165) is 12.6 Å². The fourth-order valence-electron chi connectivity index (χ4n) is 1.19. The van der Waals surface area contributed by atoms with Crippen molar-refractivity contribution in [3.63, 3.8) is 0 Å². The van der Waals surface area contributed by atoms with Crippen molar-refractivity contribution in [2.45, 2.75) is 59.0 Å². The molecule has 0 aliphatic carbocycles. The average Bonchev–Trinajstić information content (AvgIpc) is 2.02. The number of unbranched alkanes of at least 4 members (excludes halogenated alkanes) is 4. The number of hydrogen-bond acceptors (Lipinski definition) is 2. The first-order valence-electron chi connectivity index (χ1n) is 5.36. The molecule has 0 rings (SSSR count). The summed E-state index contributed by atoms with van der Waals surface area (Å²) in [5.41, 5.74) is 0. The van der Waals surface area contributed by atoms with Crippen LogP contribution in [0.5, 0.6) is 0 Å². The molecule has 13 heavy (non-hydrogen) atoms. The predicted molar refractivity (Wildman–Crippen MR) is 58.8 cm³/mol. The zero-order chi connectivity index (χ0) is 10.1. The van der Waals surface area contributed by atoms with Crippen LogP contribution in [0.2, 0.25) is 0 Å². The zero-order valence-corrected chi connectivity index (χ0v) is 10.1. The Labute approximate surface area is 82.9 Å². The summed E-state index contributed by atoms with van der Waals surface area (Å²) in [7, 11) is -1.73. The van der Waals surface area contributed by atoms with Crippen LogP contribution in [0.15, 0.2) is 0 Å². The first-order valence-corrected chi connectivity index (χ1v) is 6.88. The van der Waals surface area contributed by atoms with Gasteiger partial charge in [0.05, 0.1) is 6.10 Å². The largest absolute Gasteiger partial charge is 0.328 e. The molecule has 1 atom stereocenters. The van der Waals surface area contributed by atoms with Gasteiger partial charge >= 0.3 is 0 Å². The van der Waals surface area contributed by atoms with Crippen LogP contribution in [0.3, 0.4) is 0 Å². The maximum atomic E-state index is 11.2. The average molecular weight is 206 g/mol. The van der Waals surface area contributed by atoms with Gasteiger partial charge in [0.2, 0.25) is 0 Å². The van der Waals surface area contributed by atoms with Crippen molar-refractivity contribution < 1.29 is 9.09 Å². The van der Waals surface area contributed by atoms with Gasteiger partial charge < -0.3 is 4.52 Å². The molecule has 0 bridgehead atoms. The minimum Gasteiger partial charge on any atom is -0.328 e. The Hall–Kier alpha value is 0.190. The Morgan fingerprint density at radius 1 is 1.15 bits per heavy atom. The molecule has 0 spiro atoms. The van der Waals surface area contributed by atoms with Gasteiger partial charge in [0.1, 0.15) is 0 Å². The molecule has 0 saturated carbocycles. The van der Waals surface area contributed by atoms with Crippen molar-refractivity contribution in [1.29, 1.82) is 0 Å². The Kier molecular flexibility index (Phi) is 8.90. The molecule has 0 fully saturated rings. The topological polar surface area (TPSA) is 26.3 Å². The van der Waals surface area contributed by atoms with E-state index in [4.69, 9.17) is 4.52 Å². The molecule has 3 heteroatoms. The van der Waals surface area contributed by atoms with E-state index in [-0.39, 0.29) is 6.10 Å². The van der Waals surface area contributed by atoms with Crippen molar-refractivity contribution in [3.8, 4) is 0 Å². The zero-order valence-electron chi connectivity index (χ0n) is 9.14. The van der Waals surface area contributed by atoms with E-state index < -0.39 is 8.03 Å². The third kappa shape index (κ3) is 10.1. The molecule has 0 amide bonds. The monoisotopic (exact) mass is 206 g/mol. The molecule has 0 aromatic heterocycles. The van der Waals surface area contributed by atoms with E-state index in [1.807, 2.05) is 13.8 Å². The second kappa shape index (κ2) is 8.77. The maximum Gasteiger partial charge on any atom is 0.191 e. The van der Waals surface area contributed by atoms with Gasteiger partial charge in [-0.05, 0) is 20.3 Å². The second-order valence-corrected chi connectivity index (χ2v) is 5.18. The minimum atomic E-state index is -1.73. The summed E-state index contributed by atoms with van der Waals surface area (Å²) in [5.74, 6) is 0. The smallest absolute Gasteiger partial charge is 0.191 e. The van der Waals surface area contributed by atoms with E-state index in [1.54, 1.807) is 0 Å². The highest BCUT2D eigenvalue weighted by Crippen LogP contribution is 2.26. The molecule has 0 radical (unpaired) electrons. The van der Waals surface area contributed by atoms with E-state index in [2.05, 4.69) is 6.92 Å². The molecular weight excluding hydrogens is 183 g/mol. The van der Waals surface area contributed by atoms with E-state index >= 15 is 0 Å². The standard InChI is InChI=1S/C10H23O2P/c1-4-5-6-7-8-9-13(11)12-10(2)3/h10,13H,4-9H2,1-3H3. The Morgan fingerprint density at radius 2 is 1.77 bits per heavy atom. The summed E-state index contributed by atoms with van der Waals surface area (Å²) in [6.45, 7) is 6.06. The summed E-state index contributed by atoms with van der Waals surface area (Å²) in [5, 5.41) is 0. The highest BCUT2D eigenvalue weighted by Gasteiger charge is 2.01. The van der Waals surface area contributed by atoms with Crippen LogP contribution in [0.4, 0.5) is 0 Å². The molecule has 80 valence electrons. The van der Waals surface area contributed by atoms with Gasteiger partial charge in [-0.2, -0.15) is 0 Å². The van der Waals surface area contributed by atoms with Crippen LogP contribution in [-0.4, -0.2) is 12.3 Å². The molecule has 0 N–H and O–H groups in total. The number of rotatable bonds is 8. The van der Waals surface area contributed by atoms with Crippen LogP contribution in [0, 0.1) is 0 Å². The fraction of sp³-hybridized carbons (Fsp3) is 1.00. The van der Waals surface area contributed by atoms with Crippen molar-refractivity contribution in [3.05, 3.63) is 0 Å². The minimum absolute atomic E-state index is 0.113. The third-order valence-corrected chi connectivity index (χ3v) is 3.35. The van der Waals surface area contributed by atoms with Crippen LogP contribution in [0.25, 0.3) is 0 Å². The molecule has 2 nitrogen and oxygen atoms in total. The maximum absolute atomic E-state index is 11.2. The second-order valence-electron chi connectivity index (χ2n) is 3.70. The van der Waals surface area contributed by atoms with Crippen LogP contribution < -0.4 is 0 Å². The van der Waals surface area contributed by atoms with Gasteiger partial charge in [0.15, 0.2) is 8.03 Å². The molecule has 0 saturated heterocycles. The lowest BCUT2D eigenvalue weighted by molar-refractivity contribution is 0.255. The van der Waals surface area contributed by atoms with Crippen molar-refractivity contribution in [2.24, 2.45) is 0 Å². The van der Waals surface area contributed by atoms with Gasteiger partial charge in [-0.25, -0.2) is 0 Å². The summed E-state index contributed by atoms with van der Waals surface area (Å²) in [6, 6.07) is 0. The Balaban J connectivity index is 3.17. The van der Waals surface area contributed by atoms with E-state index in [1.165, 1.54) is 25.7 Å². The summed E-state index contributed by atoms with van der Waals surface area (Å²) >= 11 is 0. The first-order chi connectivity index (χ1) is 6.16. The van der Waals surface area contributed by atoms with Crippen molar-refractivity contribution in [1.82, 2.24) is 0 Å². The lowest BCUT2D eigenvalue weighted by atomic mass is 10.2. The lowest BCUT2D eigenvalue weighted by Crippen LogP contribution is -1.95. The summed E-state index contributed by atoms with van der Waals surface area (Å²) in [4.78, 5) is 0. The molecule has 0 aliphatic heterocycles. The predicted octanol–water partition coefficient (Wildman–Crippen LogP) is 3.86. The fourth-order valence-corrected chi connectivity index (χ4v) is 2.38. The number of hydrogen-bond donors (Lipinski definition) is 0. The molecular formula is C10H23O2P. The van der Waals surface area contributed by atoms with Gasteiger partial charge in [-0.15, -0.1) is 0 Å². The van der Waals surface area contributed by atoms with Gasteiger partial charge in [0.25, 0.3) is 0 Å². The Bertz CT molecular complexity index is 135. The van der Waals surface area contributed by atoms with Gasteiger partial charge in [-0.3, -0.25) is 4.57 Å². The van der Waals surface area contributed by atoms with Gasteiger partial charge in [0, 0.05) is 6.16 Å². The highest BCUT2D eigenvalue weighted by atomic mass is 31.1. The van der Waals surface area contributed by atoms with Crippen LogP contribution >= 0.6 is 8.03 Å². The van der Waals surface area contributed by atoms with Crippen molar-refractivity contribution in [2.75, 3.05) is 6.16 Å². The molecule has 0 aromatic rings. The molecule has 0 heterocycles. The van der Waals surface area contributed by atoms with E-state index in [0.29, 0.717) is 0 Å². The molecule has 0 aromatic carbocycles. The summed E-state index contributed by atoms with van der Waals surface area (Å²) in [6.07, 6.45) is 6.97. The summed E-state index contributed by atoms with van der Waals surface area (Å²) < 4.78 is 16.5. The Morgan fingerprint density at radius 3 is 2.31 bits per heavy atom. The molecule has 0 aliphatic rings. The van der Waals surface area contributed by atoms with Crippen LogP contribution in [0.1, 0.15) is 52.9 Å². The SMILES string of the molecule is CCCCCCC[PH](=O)OC(C)C. The molecule has 1 unspecified atom stereocenters.